The van der Waals surface area contributed by atoms with E-state index in [1.54, 1.807) is 0 Å². The summed E-state index contributed by atoms with van der Waals surface area (Å²) in [4.78, 5) is 12.1. The minimum Gasteiger partial charge on any atom is -0.493 e. The molecule has 0 bridgehead atoms. The van der Waals surface area contributed by atoms with Gasteiger partial charge in [-0.15, -0.1) is 0 Å². The van der Waals surface area contributed by atoms with E-state index in [9.17, 15) is 9.90 Å². The second kappa shape index (κ2) is 10.3. The molecule has 0 amide bonds. The quantitative estimate of drug-likeness (QED) is 0.545. The lowest BCUT2D eigenvalue weighted by Gasteiger charge is -2.33. The van der Waals surface area contributed by atoms with E-state index in [0.29, 0.717) is 5.92 Å². The molecule has 1 unspecified atom stereocenters. The molecule has 0 aromatic heterocycles. The summed E-state index contributed by atoms with van der Waals surface area (Å²) >= 11 is 0. The van der Waals surface area contributed by atoms with Gasteiger partial charge >= 0.3 is 5.97 Å². The van der Waals surface area contributed by atoms with Gasteiger partial charge in [0.1, 0.15) is 5.75 Å². The number of aliphatic carboxylic acids is 1. The van der Waals surface area contributed by atoms with Crippen LogP contribution in [0, 0.1) is 5.92 Å². The molecule has 0 spiro atoms. The van der Waals surface area contributed by atoms with Gasteiger partial charge in [0, 0.05) is 0 Å². The smallest absolute Gasteiger partial charge is 0.337 e. The molecule has 0 radical (unpaired) electrons. The highest BCUT2D eigenvalue weighted by Gasteiger charge is 2.32. The van der Waals surface area contributed by atoms with Crippen LogP contribution in [0.3, 0.4) is 0 Å². The van der Waals surface area contributed by atoms with Crippen LogP contribution in [-0.4, -0.2) is 29.4 Å². The molecular weight excluding hydrogens is 376 g/mol. The summed E-state index contributed by atoms with van der Waals surface area (Å²) in [6.07, 6.45) is 4.41. The molecule has 1 aromatic carbocycles. The van der Waals surface area contributed by atoms with Crippen molar-refractivity contribution in [2.24, 2.45) is 5.92 Å². The van der Waals surface area contributed by atoms with Crippen LogP contribution >= 0.6 is 0 Å². The highest BCUT2D eigenvalue weighted by Crippen LogP contribution is 2.42. The third-order valence-electron chi connectivity index (χ3n) is 5.60. The topological polar surface area (TPSA) is 55.8 Å². The zero-order valence-corrected chi connectivity index (χ0v) is 19.5. The van der Waals surface area contributed by atoms with Gasteiger partial charge in [0.2, 0.25) is 0 Å². The molecule has 1 N–H and O–H groups in total. The SMILES string of the molecule is C=C(/C(=C(\C)C(OC(C)(C)C)C(=O)O)c1ccc2c(c1)CCCO2)C1CCC1.CC. The minimum absolute atomic E-state index is 0.418. The maximum Gasteiger partial charge on any atom is 0.337 e. The molecule has 0 saturated heterocycles. The third-order valence-corrected chi connectivity index (χ3v) is 5.60. The van der Waals surface area contributed by atoms with Crippen molar-refractivity contribution in [1.82, 2.24) is 0 Å². The second-order valence-corrected chi connectivity index (χ2v) is 8.93. The van der Waals surface area contributed by atoms with Crippen LogP contribution in [0.15, 0.2) is 35.9 Å². The van der Waals surface area contributed by atoms with E-state index in [2.05, 4.69) is 12.6 Å². The summed E-state index contributed by atoms with van der Waals surface area (Å²) in [6, 6.07) is 6.18. The third kappa shape index (κ3) is 5.75. The number of rotatable bonds is 6. The number of carboxylic acids is 1. The van der Waals surface area contributed by atoms with Crippen molar-refractivity contribution in [3.05, 3.63) is 47.1 Å². The first-order valence-electron chi connectivity index (χ1n) is 11.2. The molecular formula is C26H38O4. The summed E-state index contributed by atoms with van der Waals surface area (Å²) in [7, 11) is 0. The van der Waals surface area contributed by atoms with Crippen molar-refractivity contribution in [2.75, 3.05) is 6.61 Å². The molecule has 3 rings (SSSR count). The Morgan fingerprint density at radius 1 is 1.23 bits per heavy atom. The summed E-state index contributed by atoms with van der Waals surface area (Å²) < 4.78 is 11.7. The molecule has 166 valence electrons. The Balaban J connectivity index is 0.00000155. The number of allylic oxidation sites excluding steroid dienone is 2. The van der Waals surface area contributed by atoms with Gasteiger partial charge in [0.05, 0.1) is 12.2 Å². The van der Waals surface area contributed by atoms with Crippen LogP contribution < -0.4 is 4.74 Å². The van der Waals surface area contributed by atoms with Gasteiger partial charge in [-0.2, -0.15) is 0 Å². The maximum atomic E-state index is 12.1. The number of hydrogen-bond donors (Lipinski definition) is 1. The van der Waals surface area contributed by atoms with Crippen molar-refractivity contribution in [2.45, 2.75) is 85.4 Å². The predicted molar refractivity (Wildman–Crippen MR) is 123 cm³/mol. The molecule has 1 heterocycles. The van der Waals surface area contributed by atoms with Gasteiger partial charge in [0.15, 0.2) is 6.10 Å². The highest BCUT2D eigenvalue weighted by atomic mass is 16.5. The Labute approximate surface area is 182 Å². The Hall–Kier alpha value is -2.07. The number of aryl methyl sites for hydroxylation is 1. The van der Waals surface area contributed by atoms with E-state index in [1.807, 2.05) is 53.7 Å². The zero-order valence-electron chi connectivity index (χ0n) is 19.5. The molecule has 1 saturated carbocycles. The monoisotopic (exact) mass is 414 g/mol. The Morgan fingerprint density at radius 3 is 2.43 bits per heavy atom. The van der Waals surface area contributed by atoms with Gasteiger partial charge in [0.25, 0.3) is 0 Å². The number of carbonyl (C=O) groups is 1. The summed E-state index contributed by atoms with van der Waals surface area (Å²) in [5.74, 6) is 0.385. The van der Waals surface area contributed by atoms with Crippen molar-refractivity contribution < 1.29 is 19.4 Å². The fraction of sp³-hybridized carbons (Fsp3) is 0.577. The number of hydrogen-bond acceptors (Lipinski definition) is 3. The average molecular weight is 415 g/mol. The van der Waals surface area contributed by atoms with Crippen LogP contribution in [-0.2, 0) is 16.0 Å². The zero-order chi connectivity index (χ0) is 22.5. The van der Waals surface area contributed by atoms with E-state index in [4.69, 9.17) is 9.47 Å². The molecule has 1 aromatic rings. The number of ether oxygens (including phenoxy) is 2. The Bertz CT molecular complexity index is 794. The van der Waals surface area contributed by atoms with E-state index in [0.717, 1.165) is 60.3 Å². The lowest BCUT2D eigenvalue weighted by atomic mass is 9.74. The second-order valence-electron chi connectivity index (χ2n) is 8.93. The van der Waals surface area contributed by atoms with Gasteiger partial charge in [-0.05, 0) is 99.3 Å². The molecule has 1 atom stereocenters. The first-order chi connectivity index (χ1) is 14.2. The maximum absolute atomic E-state index is 12.1. The van der Waals surface area contributed by atoms with Crippen molar-refractivity contribution in [3.8, 4) is 5.75 Å². The Kier molecular flexibility index (Phi) is 8.31. The first-order valence-corrected chi connectivity index (χ1v) is 11.2. The fourth-order valence-corrected chi connectivity index (χ4v) is 3.95. The first kappa shape index (κ1) is 24.2. The largest absolute Gasteiger partial charge is 0.493 e. The summed E-state index contributed by atoms with van der Waals surface area (Å²) in [6.45, 7) is 16.7. The van der Waals surface area contributed by atoms with E-state index in [-0.39, 0.29) is 0 Å². The fourth-order valence-electron chi connectivity index (χ4n) is 3.95. The van der Waals surface area contributed by atoms with Crippen LogP contribution in [0.1, 0.15) is 78.4 Å². The number of carboxylic acid groups (broad SMARTS) is 1. The molecule has 30 heavy (non-hydrogen) atoms. The van der Waals surface area contributed by atoms with Crippen molar-refractivity contribution in [3.63, 3.8) is 0 Å². The van der Waals surface area contributed by atoms with Crippen LogP contribution in [0.2, 0.25) is 0 Å². The lowest BCUT2D eigenvalue weighted by molar-refractivity contribution is -0.155. The molecule has 4 heteroatoms. The van der Waals surface area contributed by atoms with Crippen molar-refractivity contribution in [1.29, 1.82) is 0 Å². The average Bonchev–Trinajstić information content (AvgIpc) is 2.65. The van der Waals surface area contributed by atoms with E-state index >= 15 is 0 Å². The normalized spacial score (nSPS) is 17.9. The predicted octanol–water partition coefficient (Wildman–Crippen LogP) is 6.44. The van der Waals surface area contributed by atoms with Gasteiger partial charge in [-0.1, -0.05) is 32.9 Å². The summed E-state index contributed by atoms with van der Waals surface area (Å²) in [5.41, 5.74) is 4.33. The van der Waals surface area contributed by atoms with Gasteiger partial charge < -0.3 is 14.6 Å². The molecule has 4 nitrogen and oxygen atoms in total. The standard InChI is InChI=1S/C24H32O4.C2H6/c1-15(17-8-6-9-17)21(16(2)22(23(25)26)28-24(3,4)5)19-11-12-20-18(14-19)10-7-13-27-20;1-2/h11-12,14,17,22H,1,6-10,13H2,2-5H3,(H,25,26);1-2H3/b21-16-;. The van der Waals surface area contributed by atoms with Gasteiger partial charge in [-0.25, -0.2) is 4.79 Å². The highest BCUT2D eigenvalue weighted by molar-refractivity contribution is 5.88. The molecule has 2 aliphatic rings. The van der Waals surface area contributed by atoms with E-state index in [1.165, 1.54) is 12.0 Å². The van der Waals surface area contributed by atoms with Gasteiger partial charge in [-0.3, -0.25) is 0 Å². The number of fused-ring (bicyclic) bond motifs is 1. The van der Waals surface area contributed by atoms with Crippen molar-refractivity contribution >= 4 is 11.5 Å². The summed E-state index contributed by atoms with van der Waals surface area (Å²) in [5, 5.41) is 9.88. The number of benzene rings is 1. The van der Waals surface area contributed by atoms with Crippen LogP contribution in [0.25, 0.3) is 5.57 Å². The lowest BCUT2D eigenvalue weighted by Crippen LogP contribution is -2.35. The van der Waals surface area contributed by atoms with Crippen LogP contribution in [0.5, 0.6) is 5.75 Å². The molecule has 1 aliphatic carbocycles. The van der Waals surface area contributed by atoms with Crippen LogP contribution in [0.4, 0.5) is 0 Å². The van der Waals surface area contributed by atoms with E-state index < -0.39 is 17.7 Å². The molecule has 1 aliphatic heterocycles. The molecule has 1 fully saturated rings. The Morgan fingerprint density at radius 2 is 1.90 bits per heavy atom. The minimum atomic E-state index is -1.00.